The van der Waals surface area contributed by atoms with E-state index < -0.39 is 0 Å². The molecule has 0 radical (unpaired) electrons. The third kappa shape index (κ3) is 1.67. The number of hydrogen-bond acceptors (Lipinski definition) is 3. The average molecular weight is 211 g/mol. The average Bonchev–Trinajstić information content (AvgIpc) is 2.53. The highest BCUT2D eigenvalue weighted by atomic mass is 16.5. The third-order valence-corrected chi connectivity index (χ3v) is 4.35. The number of carbonyl (C=O) groups is 1. The second-order valence-electron chi connectivity index (χ2n) is 5.24. The molecule has 2 unspecified atom stereocenters. The first kappa shape index (κ1) is 10.9. The summed E-state index contributed by atoms with van der Waals surface area (Å²) in [5, 5.41) is 0. The fraction of sp³-hybridized carbons (Fsp3) is 0.917. The zero-order valence-corrected chi connectivity index (χ0v) is 9.55. The van der Waals surface area contributed by atoms with Crippen molar-refractivity contribution in [2.24, 2.45) is 16.6 Å². The Hall–Kier alpha value is -0.570. The minimum atomic E-state index is -0.173. The highest BCUT2D eigenvalue weighted by Crippen LogP contribution is 2.58. The van der Waals surface area contributed by atoms with Crippen LogP contribution in [0, 0.1) is 10.8 Å². The van der Waals surface area contributed by atoms with Crippen LogP contribution in [0.5, 0.6) is 0 Å². The van der Waals surface area contributed by atoms with Crippen molar-refractivity contribution in [1.29, 1.82) is 0 Å². The number of ether oxygens (including phenoxy) is 1. The third-order valence-electron chi connectivity index (χ3n) is 4.35. The molecule has 0 saturated heterocycles. The topological polar surface area (TPSA) is 52.3 Å². The summed E-state index contributed by atoms with van der Waals surface area (Å²) >= 11 is 0. The molecule has 2 aliphatic rings. The Bertz CT molecular complexity index is 266. The van der Waals surface area contributed by atoms with Crippen LogP contribution in [0.3, 0.4) is 0 Å². The lowest BCUT2D eigenvalue weighted by atomic mass is 9.69. The first-order chi connectivity index (χ1) is 7.16. The second kappa shape index (κ2) is 3.78. The van der Waals surface area contributed by atoms with Crippen LogP contribution in [0.4, 0.5) is 0 Å². The number of esters is 1. The molecule has 0 aromatic carbocycles. The lowest BCUT2D eigenvalue weighted by molar-refractivity contribution is -0.157. The Morgan fingerprint density at radius 1 is 1.33 bits per heavy atom. The summed E-state index contributed by atoms with van der Waals surface area (Å²) in [6.07, 6.45) is 6.41. The van der Waals surface area contributed by atoms with Gasteiger partial charge in [-0.15, -0.1) is 0 Å². The van der Waals surface area contributed by atoms with Gasteiger partial charge in [0.05, 0.1) is 12.0 Å². The molecule has 2 aliphatic carbocycles. The van der Waals surface area contributed by atoms with Crippen molar-refractivity contribution in [1.82, 2.24) is 0 Å². The molecule has 3 heteroatoms. The molecule has 15 heavy (non-hydrogen) atoms. The summed E-state index contributed by atoms with van der Waals surface area (Å²) in [4.78, 5) is 12.0. The first-order valence-corrected chi connectivity index (χ1v) is 6.04. The van der Waals surface area contributed by atoms with E-state index in [0.29, 0.717) is 6.61 Å². The lowest BCUT2D eigenvalue weighted by Gasteiger charge is -2.37. The van der Waals surface area contributed by atoms with Gasteiger partial charge in [0, 0.05) is 0 Å². The molecule has 0 aromatic heterocycles. The number of fused-ring (bicyclic) bond motifs is 2. The molecule has 0 spiro atoms. The minimum Gasteiger partial charge on any atom is -0.466 e. The van der Waals surface area contributed by atoms with E-state index in [1.54, 1.807) is 0 Å². The second-order valence-corrected chi connectivity index (χ2v) is 5.24. The highest BCUT2D eigenvalue weighted by Gasteiger charge is 2.54. The van der Waals surface area contributed by atoms with E-state index in [4.69, 9.17) is 10.5 Å². The van der Waals surface area contributed by atoms with E-state index in [0.717, 1.165) is 38.6 Å². The van der Waals surface area contributed by atoms with Crippen LogP contribution in [0.1, 0.15) is 45.4 Å². The molecule has 2 saturated carbocycles. The van der Waals surface area contributed by atoms with Crippen LogP contribution in [0.25, 0.3) is 0 Å². The fourth-order valence-electron chi connectivity index (χ4n) is 3.46. The molecule has 2 bridgehead atoms. The molecule has 0 aliphatic heterocycles. The number of carbonyl (C=O) groups excluding carboxylic acids is 1. The van der Waals surface area contributed by atoms with Crippen molar-refractivity contribution < 1.29 is 9.53 Å². The SMILES string of the molecule is CCOC(=O)C12CCCC(CN)(CC1)C2. The van der Waals surface area contributed by atoms with Crippen molar-refractivity contribution in [3.63, 3.8) is 0 Å². The predicted molar refractivity (Wildman–Crippen MR) is 58.3 cm³/mol. The minimum absolute atomic E-state index is 0.0278. The normalized spacial score (nSPS) is 39.1. The summed E-state index contributed by atoms with van der Waals surface area (Å²) in [6.45, 7) is 3.10. The van der Waals surface area contributed by atoms with Gasteiger partial charge in [0.2, 0.25) is 0 Å². The molecule has 86 valence electrons. The smallest absolute Gasteiger partial charge is 0.312 e. The van der Waals surface area contributed by atoms with Gasteiger partial charge in [-0.25, -0.2) is 0 Å². The zero-order chi connectivity index (χ0) is 10.9. The van der Waals surface area contributed by atoms with Gasteiger partial charge in [-0.2, -0.15) is 0 Å². The Labute approximate surface area is 91.4 Å². The van der Waals surface area contributed by atoms with E-state index in [1.807, 2.05) is 6.92 Å². The standard InChI is InChI=1S/C12H21NO2/c1-2-15-10(14)12-5-3-4-11(8-12,9-13)6-7-12/h2-9,13H2,1H3. The van der Waals surface area contributed by atoms with Gasteiger partial charge in [0.1, 0.15) is 0 Å². The van der Waals surface area contributed by atoms with Gasteiger partial charge in [-0.3, -0.25) is 4.79 Å². The molecule has 0 aromatic rings. The van der Waals surface area contributed by atoms with Crippen molar-refractivity contribution in [3.8, 4) is 0 Å². The van der Waals surface area contributed by atoms with Gasteiger partial charge in [-0.05, 0) is 51.0 Å². The Morgan fingerprint density at radius 2 is 2.13 bits per heavy atom. The van der Waals surface area contributed by atoms with E-state index in [-0.39, 0.29) is 16.8 Å². The quantitative estimate of drug-likeness (QED) is 0.725. The molecule has 0 heterocycles. The molecule has 2 atom stereocenters. The summed E-state index contributed by atoms with van der Waals surface area (Å²) < 4.78 is 5.21. The van der Waals surface area contributed by atoms with Gasteiger partial charge in [-0.1, -0.05) is 6.42 Å². The van der Waals surface area contributed by atoms with Gasteiger partial charge in [0.25, 0.3) is 0 Å². The van der Waals surface area contributed by atoms with Crippen LogP contribution >= 0.6 is 0 Å². The maximum Gasteiger partial charge on any atom is 0.312 e. The van der Waals surface area contributed by atoms with E-state index >= 15 is 0 Å². The molecular formula is C12H21NO2. The molecular weight excluding hydrogens is 190 g/mol. The highest BCUT2D eigenvalue weighted by molar-refractivity contribution is 5.77. The van der Waals surface area contributed by atoms with Crippen molar-refractivity contribution in [2.45, 2.75) is 45.4 Å². The molecule has 0 amide bonds. The Balaban J connectivity index is 2.14. The molecule has 2 N–H and O–H groups in total. The van der Waals surface area contributed by atoms with E-state index in [2.05, 4.69) is 0 Å². The summed E-state index contributed by atoms with van der Waals surface area (Å²) in [5.74, 6) is 0.0278. The monoisotopic (exact) mass is 211 g/mol. The lowest BCUT2D eigenvalue weighted by Crippen LogP contribution is -2.38. The van der Waals surface area contributed by atoms with Crippen LogP contribution in [0.2, 0.25) is 0 Å². The van der Waals surface area contributed by atoms with Crippen LogP contribution in [-0.2, 0) is 9.53 Å². The summed E-state index contributed by atoms with van der Waals surface area (Å²) in [5.41, 5.74) is 5.94. The van der Waals surface area contributed by atoms with Crippen molar-refractivity contribution in [3.05, 3.63) is 0 Å². The van der Waals surface area contributed by atoms with Crippen LogP contribution < -0.4 is 5.73 Å². The molecule has 2 rings (SSSR count). The predicted octanol–water partition coefficient (Wildman–Crippen LogP) is 1.85. The van der Waals surface area contributed by atoms with Crippen molar-refractivity contribution in [2.75, 3.05) is 13.2 Å². The number of hydrogen-bond donors (Lipinski definition) is 1. The van der Waals surface area contributed by atoms with Gasteiger partial charge < -0.3 is 10.5 Å². The van der Waals surface area contributed by atoms with Crippen LogP contribution in [-0.4, -0.2) is 19.1 Å². The fourth-order valence-corrected chi connectivity index (χ4v) is 3.46. The van der Waals surface area contributed by atoms with Gasteiger partial charge in [0.15, 0.2) is 0 Å². The maximum absolute atomic E-state index is 12.0. The summed E-state index contributed by atoms with van der Waals surface area (Å²) in [6, 6.07) is 0. The zero-order valence-electron chi connectivity index (χ0n) is 9.55. The Kier molecular flexibility index (Phi) is 2.75. The molecule has 2 fully saturated rings. The van der Waals surface area contributed by atoms with Crippen molar-refractivity contribution >= 4 is 5.97 Å². The van der Waals surface area contributed by atoms with E-state index in [1.165, 1.54) is 6.42 Å². The van der Waals surface area contributed by atoms with Crippen LogP contribution in [0.15, 0.2) is 0 Å². The number of rotatable bonds is 3. The molecule has 3 nitrogen and oxygen atoms in total. The van der Waals surface area contributed by atoms with Gasteiger partial charge >= 0.3 is 5.97 Å². The Morgan fingerprint density at radius 3 is 2.80 bits per heavy atom. The first-order valence-electron chi connectivity index (χ1n) is 6.04. The summed E-state index contributed by atoms with van der Waals surface area (Å²) in [7, 11) is 0. The van der Waals surface area contributed by atoms with E-state index in [9.17, 15) is 4.79 Å². The number of nitrogens with two attached hydrogens (primary N) is 1. The maximum atomic E-state index is 12.0. The largest absolute Gasteiger partial charge is 0.466 e.